The van der Waals surface area contributed by atoms with Crippen molar-refractivity contribution in [3.05, 3.63) is 9.98 Å². The van der Waals surface area contributed by atoms with Gasteiger partial charge in [0.05, 0.1) is 0 Å². The van der Waals surface area contributed by atoms with Gasteiger partial charge >= 0.3 is 0 Å². The van der Waals surface area contributed by atoms with Crippen LogP contribution in [0.15, 0.2) is 9.98 Å². The quantitative estimate of drug-likeness (QED) is 0.774. The van der Waals surface area contributed by atoms with Crippen LogP contribution in [0.5, 0.6) is 0 Å². The minimum absolute atomic E-state index is 0.909. The molecular formula is C8H14BrN3S. The second-order valence-corrected chi connectivity index (χ2v) is 4.28. The molecule has 0 unspecified atom stereocenters. The lowest BCUT2D eigenvalue weighted by Gasteiger charge is -2.02. The van der Waals surface area contributed by atoms with E-state index in [1.807, 2.05) is 5.38 Å². The molecule has 13 heavy (non-hydrogen) atoms. The summed E-state index contributed by atoms with van der Waals surface area (Å²) in [4.78, 5) is 4.23. The molecule has 74 valence electrons. The number of hydrogen-bond acceptors (Lipinski definition) is 4. The smallest absolute Gasteiger partial charge is 0.183 e. The number of anilines is 1. The molecular weight excluding hydrogens is 250 g/mol. The number of thiazole rings is 1. The van der Waals surface area contributed by atoms with Crippen molar-refractivity contribution in [3.8, 4) is 0 Å². The van der Waals surface area contributed by atoms with E-state index in [0.29, 0.717) is 0 Å². The number of halogens is 1. The fraction of sp³-hybridized carbons (Fsp3) is 0.625. The van der Waals surface area contributed by atoms with Gasteiger partial charge in [0.25, 0.3) is 0 Å². The van der Waals surface area contributed by atoms with Crippen LogP contribution in [0, 0.1) is 0 Å². The van der Waals surface area contributed by atoms with Gasteiger partial charge in [-0.1, -0.05) is 6.92 Å². The van der Waals surface area contributed by atoms with Crippen molar-refractivity contribution < 1.29 is 0 Å². The van der Waals surface area contributed by atoms with Crippen LogP contribution >= 0.6 is 27.3 Å². The number of nitrogens with one attached hydrogen (secondary N) is 2. The van der Waals surface area contributed by atoms with Crippen molar-refractivity contribution in [1.82, 2.24) is 10.3 Å². The maximum Gasteiger partial charge on any atom is 0.183 e. The summed E-state index contributed by atoms with van der Waals surface area (Å²) in [6.45, 7) is 5.21. The zero-order chi connectivity index (χ0) is 9.52. The van der Waals surface area contributed by atoms with E-state index < -0.39 is 0 Å². The first-order valence-electron chi connectivity index (χ1n) is 4.38. The summed E-state index contributed by atoms with van der Waals surface area (Å²) in [6, 6.07) is 0. The number of hydrogen-bond donors (Lipinski definition) is 2. The third-order valence-electron chi connectivity index (χ3n) is 1.53. The Labute approximate surface area is 91.1 Å². The average Bonchev–Trinajstić information content (AvgIpc) is 2.51. The predicted molar refractivity (Wildman–Crippen MR) is 61.5 cm³/mol. The first-order valence-corrected chi connectivity index (χ1v) is 6.06. The summed E-state index contributed by atoms with van der Waals surface area (Å²) in [5.41, 5.74) is 0. The van der Waals surface area contributed by atoms with Crippen molar-refractivity contribution in [2.75, 3.05) is 25.0 Å². The van der Waals surface area contributed by atoms with Gasteiger partial charge < -0.3 is 10.6 Å². The molecule has 0 amide bonds. The molecule has 3 nitrogen and oxygen atoms in total. The zero-order valence-corrected chi connectivity index (χ0v) is 10.0. The van der Waals surface area contributed by atoms with E-state index in [0.717, 1.165) is 35.8 Å². The Morgan fingerprint density at radius 3 is 3.00 bits per heavy atom. The SMILES string of the molecule is CCNCCCNc1nc(Br)cs1. The van der Waals surface area contributed by atoms with E-state index >= 15 is 0 Å². The van der Waals surface area contributed by atoms with Crippen LogP contribution in [0.4, 0.5) is 5.13 Å². The molecule has 1 aromatic rings. The highest BCUT2D eigenvalue weighted by molar-refractivity contribution is 9.10. The van der Waals surface area contributed by atoms with Gasteiger partial charge in [0.1, 0.15) is 4.60 Å². The van der Waals surface area contributed by atoms with E-state index in [1.165, 1.54) is 0 Å². The molecule has 0 atom stereocenters. The van der Waals surface area contributed by atoms with Crippen molar-refractivity contribution in [2.45, 2.75) is 13.3 Å². The summed E-state index contributed by atoms with van der Waals surface area (Å²) in [6.07, 6.45) is 1.13. The Bertz CT molecular complexity index is 239. The molecule has 1 rings (SSSR count). The van der Waals surface area contributed by atoms with E-state index in [-0.39, 0.29) is 0 Å². The fourth-order valence-electron chi connectivity index (χ4n) is 0.921. The lowest BCUT2D eigenvalue weighted by Crippen LogP contribution is -2.17. The summed E-state index contributed by atoms with van der Waals surface area (Å²) in [5.74, 6) is 0. The van der Waals surface area contributed by atoms with Crippen molar-refractivity contribution in [1.29, 1.82) is 0 Å². The van der Waals surface area contributed by atoms with Crippen LogP contribution in [0.25, 0.3) is 0 Å². The average molecular weight is 264 g/mol. The minimum atomic E-state index is 0.909. The second kappa shape index (κ2) is 6.34. The van der Waals surface area contributed by atoms with Crippen molar-refractivity contribution in [2.24, 2.45) is 0 Å². The van der Waals surface area contributed by atoms with Gasteiger partial charge in [0.15, 0.2) is 5.13 Å². The van der Waals surface area contributed by atoms with Crippen LogP contribution < -0.4 is 10.6 Å². The summed E-state index contributed by atoms with van der Waals surface area (Å²) in [7, 11) is 0. The highest BCUT2D eigenvalue weighted by Crippen LogP contribution is 2.18. The molecule has 1 aromatic heterocycles. The summed E-state index contributed by atoms with van der Waals surface area (Å²) >= 11 is 4.94. The predicted octanol–water partition coefficient (Wildman–Crippen LogP) is 2.32. The molecule has 0 spiro atoms. The van der Waals surface area contributed by atoms with Gasteiger partial charge in [-0.3, -0.25) is 0 Å². The van der Waals surface area contributed by atoms with Crippen LogP contribution in [0.2, 0.25) is 0 Å². The Balaban J connectivity index is 2.06. The van der Waals surface area contributed by atoms with Gasteiger partial charge in [-0.05, 0) is 35.4 Å². The zero-order valence-electron chi connectivity index (χ0n) is 7.64. The third-order valence-corrected chi connectivity index (χ3v) is 3.04. The Kier molecular flexibility index (Phi) is 5.34. The maximum atomic E-state index is 4.23. The molecule has 0 radical (unpaired) electrons. The standard InChI is InChI=1S/C8H14BrN3S/c1-2-10-4-3-5-11-8-12-7(9)6-13-8/h6,10H,2-5H2,1H3,(H,11,12). The molecule has 0 bridgehead atoms. The number of aromatic nitrogens is 1. The van der Waals surface area contributed by atoms with Crippen molar-refractivity contribution in [3.63, 3.8) is 0 Å². The van der Waals surface area contributed by atoms with Crippen LogP contribution in [0.3, 0.4) is 0 Å². The fourth-order valence-corrected chi connectivity index (χ4v) is 2.09. The van der Waals surface area contributed by atoms with Crippen LogP contribution in [-0.2, 0) is 0 Å². The molecule has 0 aliphatic carbocycles. The highest BCUT2D eigenvalue weighted by Gasteiger charge is 1.96. The molecule has 0 saturated carbocycles. The van der Waals surface area contributed by atoms with Gasteiger partial charge in [0, 0.05) is 11.9 Å². The normalized spacial score (nSPS) is 10.3. The molecule has 0 aromatic carbocycles. The second-order valence-electron chi connectivity index (χ2n) is 2.61. The molecule has 0 aliphatic rings. The minimum Gasteiger partial charge on any atom is -0.361 e. The Hall–Kier alpha value is -0.130. The molecule has 1 heterocycles. The van der Waals surface area contributed by atoms with E-state index in [1.54, 1.807) is 11.3 Å². The first-order chi connectivity index (χ1) is 6.33. The molecule has 2 N–H and O–H groups in total. The van der Waals surface area contributed by atoms with E-state index in [9.17, 15) is 0 Å². The first kappa shape index (κ1) is 10.9. The summed E-state index contributed by atoms with van der Waals surface area (Å²) < 4.78 is 0.909. The third kappa shape index (κ3) is 4.59. The largest absolute Gasteiger partial charge is 0.361 e. The van der Waals surface area contributed by atoms with Gasteiger partial charge in [-0.25, -0.2) is 4.98 Å². The lowest BCUT2D eigenvalue weighted by atomic mass is 10.4. The molecule has 0 fully saturated rings. The topological polar surface area (TPSA) is 37.0 Å². The van der Waals surface area contributed by atoms with Crippen molar-refractivity contribution >= 4 is 32.4 Å². The summed E-state index contributed by atoms with van der Waals surface area (Å²) in [5, 5.41) is 9.50. The van der Waals surface area contributed by atoms with E-state index in [2.05, 4.69) is 38.5 Å². The molecule has 0 aliphatic heterocycles. The van der Waals surface area contributed by atoms with E-state index in [4.69, 9.17) is 0 Å². The highest BCUT2D eigenvalue weighted by atomic mass is 79.9. The van der Waals surface area contributed by atoms with Gasteiger partial charge in [-0.2, -0.15) is 0 Å². The number of rotatable bonds is 6. The lowest BCUT2D eigenvalue weighted by molar-refractivity contribution is 0.688. The van der Waals surface area contributed by atoms with Crippen LogP contribution in [0.1, 0.15) is 13.3 Å². The maximum absolute atomic E-state index is 4.23. The Morgan fingerprint density at radius 2 is 2.38 bits per heavy atom. The molecule has 0 saturated heterocycles. The molecule has 5 heteroatoms. The number of nitrogens with zero attached hydrogens (tertiary/aromatic N) is 1. The van der Waals surface area contributed by atoms with Crippen LogP contribution in [-0.4, -0.2) is 24.6 Å². The van der Waals surface area contributed by atoms with Gasteiger partial charge in [-0.15, -0.1) is 11.3 Å². The van der Waals surface area contributed by atoms with Gasteiger partial charge in [0.2, 0.25) is 0 Å². The monoisotopic (exact) mass is 263 g/mol. The Morgan fingerprint density at radius 1 is 1.54 bits per heavy atom.